The van der Waals surface area contributed by atoms with Crippen molar-refractivity contribution >= 4 is 0 Å². The Morgan fingerprint density at radius 1 is 1.40 bits per heavy atom. The SMILES string of the molecule is CC1OCCC1CNCCC1CCCN1. The molecule has 3 unspecified atom stereocenters. The maximum atomic E-state index is 5.54. The maximum absolute atomic E-state index is 5.54. The third kappa shape index (κ3) is 3.44. The first-order valence-corrected chi connectivity index (χ1v) is 6.42. The summed E-state index contributed by atoms with van der Waals surface area (Å²) in [4.78, 5) is 0. The van der Waals surface area contributed by atoms with Gasteiger partial charge in [0.25, 0.3) is 0 Å². The molecule has 3 atom stereocenters. The molecule has 0 saturated carbocycles. The zero-order valence-corrected chi connectivity index (χ0v) is 9.80. The lowest BCUT2D eigenvalue weighted by atomic mass is 10.0. The molecule has 2 N–H and O–H groups in total. The van der Waals surface area contributed by atoms with Crippen LogP contribution in [-0.2, 0) is 4.74 Å². The summed E-state index contributed by atoms with van der Waals surface area (Å²) < 4.78 is 5.54. The third-order valence-electron chi connectivity index (χ3n) is 3.77. The van der Waals surface area contributed by atoms with Crippen LogP contribution in [0.25, 0.3) is 0 Å². The number of nitrogens with one attached hydrogen (secondary N) is 2. The molecule has 0 spiro atoms. The van der Waals surface area contributed by atoms with Gasteiger partial charge in [0.2, 0.25) is 0 Å². The molecule has 3 heteroatoms. The van der Waals surface area contributed by atoms with Gasteiger partial charge < -0.3 is 15.4 Å². The molecule has 88 valence electrons. The van der Waals surface area contributed by atoms with Gasteiger partial charge in [0.15, 0.2) is 0 Å². The van der Waals surface area contributed by atoms with Crippen LogP contribution in [0.1, 0.15) is 32.6 Å². The summed E-state index contributed by atoms with van der Waals surface area (Å²) >= 11 is 0. The second-order valence-electron chi connectivity index (χ2n) is 4.91. The lowest BCUT2D eigenvalue weighted by Crippen LogP contribution is -2.31. The molecule has 0 bridgehead atoms. The number of hydrogen-bond donors (Lipinski definition) is 2. The Bertz CT molecular complexity index is 180. The van der Waals surface area contributed by atoms with Gasteiger partial charge in [0, 0.05) is 19.2 Å². The molecule has 0 amide bonds. The van der Waals surface area contributed by atoms with Crippen molar-refractivity contribution in [1.82, 2.24) is 10.6 Å². The Morgan fingerprint density at radius 3 is 3.00 bits per heavy atom. The van der Waals surface area contributed by atoms with Crippen molar-refractivity contribution in [3.05, 3.63) is 0 Å². The standard InChI is InChI=1S/C12H24N2O/c1-10-11(5-8-15-10)9-13-7-4-12-3-2-6-14-12/h10-14H,2-9H2,1H3. The summed E-state index contributed by atoms with van der Waals surface area (Å²) in [6.07, 6.45) is 5.70. The highest BCUT2D eigenvalue weighted by molar-refractivity contribution is 4.77. The molecule has 2 heterocycles. The average Bonchev–Trinajstić information content (AvgIpc) is 2.85. The Hall–Kier alpha value is -0.120. The zero-order valence-electron chi connectivity index (χ0n) is 9.80. The van der Waals surface area contributed by atoms with Crippen LogP contribution < -0.4 is 10.6 Å². The molecule has 0 aromatic heterocycles. The first-order valence-electron chi connectivity index (χ1n) is 6.42. The van der Waals surface area contributed by atoms with E-state index in [1.165, 1.54) is 32.2 Å². The van der Waals surface area contributed by atoms with Crippen molar-refractivity contribution in [2.45, 2.75) is 44.8 Å². The molecule has 0 radical (unpaired) electrons. The quantitative estimate of drug-likeness (QED) is 0.671. The Balaban J connectivity index is 1.51. The van der Waals surface area contributed by atoms with E-state index in [4.69, 9.17) is 4.74 Å². The highest BCUT2D eigenvalue weighted by atomic mass is 16.5. The third-order valence-corrected chi connectivity index (χ3v) is 3.77. The lowest BCUT2D eigenvalue weighted by molar-refractivity contribution is 0.105. The minimum Gasteiger partial charge on any atom is -0.378 e. The van der Waals surface area contributed by atoms with Crippen LogP contribution in [0.15, 0.2) is 0 Å². The van der Waals surface area contributed by atoms with Crippen molar-refractivity contribution < 1.29 is 4.74 Å². The molecular weight excluding hydrogens is 188 g/mol. The van der Waals surface area contributed by atoms with E-state index < -0.39 is 0 Å². The van der Waals surface area contributed by atoms with E-state index in [0.717, 1.165) is 31.7 Å². The van der Waals surface area contributed by atoms with E-state index in [1.54, 1.807) is 0 Å². The molecular formula is C12H24N2O. The zero-order chi connectivity index (χ0) is 10.5. The molecule has 0 aliphatic carbocycles. The number of ether oxygens (including phenoxy) is 1. The number of rotatable bonds is 5. The second kappa shape index (κ2) is 5.83. The van der Waals surface area contributed by atoms with Crippen molar-refractivity contribution in [3.63, 3.8) is 0 Å². The molecule has 2 aliphatic heterocycles. The van der Waals surface area contributed by atoms with Gasteiger partial charge in [-0.1, -0.05) is 0 Å². The minimum absolute atomic E-state index is 0.460. The first-order chi connectivity index (χ1) is 7.36. The van der Waals surface area contributed by atoms with Crippen molar-refractivity contribution in [2.24, 2.45) is 5.92 Å². The van der Waals surface area contributed by atoms with Gasteiger partial charge in [0.1, 0.15) is 0 Å². The molecule has 2 fully saturated rings. The van der Waals surface area contributed by atoms with Crippen LogP contribution in [0.2, 0.25) is 0 Å². The summed E-state index contributed by atoms with van der Waals surface area (Å²) in [6.45, 7) is 6.66. The van der Waals surface area contributed by atoms with E-state index in [0.29, 0.717) is 6.10 Å². The van der Waals surface area contributed by atoms with E-state index in [9.17, 15) is 0 Å². The van der Waals surface area contributed by atoms with Crippen LogP contribution in [0.5, 0.6) is 0 Å². The summed E-state index contributed by atoms with van der Waals surface area (Å²) in [5.41, 5.74) is 0. The molecule has 15 heavy (non-hydrogen) atoms. The summed E-state index contributed by atoms with van der Waals surface area (Å²) in [6, 6.07) is 0.773. The van der Waals surface area contributed by atoms with E-state index in [1.807, 2.05) is 0 Å². The lowest BCUT2D eigenvalue weighted by Gasteiger charge is -2.16. The van der Waals surface area contributed by atoms with E-state index >= 15 is 0 Å². The van der Waals surface area contributed by atoms with Gasteiger partial charge in [-0.2, -0.15) is 0 Å². The first kappa shape index (κ1) is 11.4. The molecule has 0 aromatic rings. The van der Waals surface area contributed by atoms with Crippen LogP contribution >= 0.6 is 0 Å². The van der Waals surface area contributed by atoms with Crippen molar-refractivity contribution in [3.8, 4) is 0 Å². The normalized spacial score (nSPS) is 36.2. The van der Waals surface area contributed by atoms with Crippen LogP contribution in [0, 0.1) is 5.92 Å². The van der Waals surface area contributed by atoms with Gasteiger partial charge in [0.05, 0.1) is 6.10 Å². The van der Waals surface area contributed by atoms with Crippen molar-refractivity contribution in [1.29, 1.82) is 0 Å². The smallest absolute Gasteiger partial charge is 0.0588 e. The summed E-state index contributed by atoms with van der Waals surface area (Å²) in [7, 11) is 0. The summed E-state index contributed by atoms with van der Waals surface area (Å²) in [5.74, 6) is 0.738. The van der Waals surface area contributed by atoms with E-state index in [2.05, 4.69) is 17.6 Å². The molecule has 2 rings (SSSR count). The Morgan fingerprint density at radius 2 is 2.33 bits per heavy atom. The fourth-order valence-electron chi connectivity index (χ4n) is 2.61. The molecule has 3 nitrogen and oxygen atoms in total. The fraction of sp³-hybridized carbons (Fsp3) is 1.00. The maximum Gasteiger partial charge on any atom is 0.0588 e. The minimum atomic E-state index is 0.460. The van der Waals surface area contributed by atoms with Crippen molar-refractivity contribution in [2.75, 3.05) is 26.2 Å². The Labute approximate surface area is 93.0 Å². The van der Waals surface area contributed by atoms with Crippen LogP contribution in [-0.4, -0.2) is 38.4 Å². The Kier molecular flexibility index (Phi) is 4.42. The van der Waals surface area contributed by atoms with Crippen LogP contribution in [0.4, 0.5) is 0 Å². The predicted octanol–water partition coefficient (Wildman–Crippen LogP) is 1.14. The second-order valence-corrected chi connectivity index (χ2v) is 4.91. The highest BCUT2D eigenvalue weighted by Gasteiger charge is 2.23. The molecule has 2 saturated heterocycles. The largest absolute Gasteiger partial charge is 0.378 e. The van der Waals surface area contributed by atoms with Gasteiger partial charge >= 0.3 is 0 Å². The summed E-state index contributed by atoms with van der Waals surface area (Å²) in [5, 5.41) is 7.09. The average molecular weight is 212 g/mol. The monoisotopic (exact) mass is 212 g/mol. The molecule has 2 aliphatic rings. The highest BCUT2D eigenvalue weighted by Crippen LogP contribution is 2.19. The van der Waals surface area contributed by atoms with Gasteiger partial charge in [-0.15, -0.1) is 0 Å². The van der Waals surface area contributed by atoms with Gasteiger partial charge in [-0.05, 0) is 51.6 Å². The topological polar surface area (TPSA) is 33.3 Å². The fourth-order valence-corrected chi connectivity index (χ4v) is 2.61. The van der Waals surface area contributed by atoms with Gasteiger partial charge in [-0.3, -0.25) is 0 Å². The predicted molar refractivity (Wildman–Crippen MR) is 62.0 cm³/mol. The number of hydrogen-bond acceptors (Lipinski definition) is 3. The van der Waals surface area contributed by atoms with E-state index in [-0.39, 0.29) is 0 Å². The van der Waals surface area contributed by atoms with Crippen LogP contribution in [0.3, 0.4) is 0 Å². The van der Waals surface area contributed by atoms with Gasteiger partial charge in [-0.25, -0.2) is 0 Å². The molecule has 0 aromatic carbocycles.